The van der Waals surface area contributed by atoms with Crippen molar-refractivity contribution in [3.63, 3.8) is 0 Å². The van der Waals surface area contributed by atoms with Gasteiger partial charge in [0.1, 0.15) is 0 Å². The number of aliphatic hydroxyl groups excluding tert-OH is 2. The standard InChI is InChI=1S/C70H137NO5/c1-3-5-7-9-11-13-15-16-17-34-38-41-44-48-52-56-60-64-70(75)76-65-61-57-53-49-45-42-39-36-33-31-29-27-25-23-21-19-18-20-22-24-26-28-30-32-35-37-40-43-47-51-55-59-63-69(74)71-67(66-72)68(73)62-58-54-50-46-14-12-10-8-6-4-2/h21,23,67-68,72-73H,3-20,22,24-66H2,1-2H3,(H,71,74)/b23-21-. The van der Waals surface area contributed by atoms with Gasteiger partial charge in [-0.15, -0.1) is 0 Å². The number of amides is 1. The fraction of sp³-hybridized carbons (Fsp3) is 0.943. The van der Waals surface area contributed by atoms with E-state index in [1.54, 1.807) is 0 Å². The highest BCUT2D eigenvalue weighted by atomic mass is 16.5. The summed E-state index contributed by atoms with van der Waals surface area (Å²) in [6.45, 7) is 4.98. The predicted molar refractivity (Wildman–Crippen MR) is 333 cm³/mol. The van der Waals surface area contributed by atoms with Crippen LogP contribution in [0, 0.1) is 0 Å². The molecule has 0 spiro atoms. The molecule has 452 valence electrons. The first-order chi connectivity index (χ1) is 37.5. The summed E-state index contributed by atoms with van der Waals surface area (Å²) in [5, 5.41) is 23.2. The molecule has 0 rings (SSSR count). The largest absolute Gasteiger partial charge is 0.466 e. The summed E-state index contributed by atoms with van der Waals surface area (Å²) in [7, 11) is 0. The van der Waals surface area contributed by atoms with Gasteiger partial charge in [0.2, 0.25) is 5.91 Å². The van der Waals surface area contributed by atoms with Crippen molar-refractivity contribution in [1.29, 1.82) is 0 Å². The number of rotatable bonds is 66. The van der Waals surface area contributed by atoms with E-state index in [9.17, 15) is 19.8 Å². The molecule has 0 radical (unpaired) electrons. The predicted octanol–water partition coefficient (Wildman–Crippen LogP) is 22.4. The number of carbonyl (C=O) groups is 2. The van der Waals surface area contributed by atoms with Crippen molar-refractivity contribution in [3.8, 4) is 0 Å². The summed E-state index contributed by atoms with van der Waals surface area (Å²) in [5.41, 5.74) is 0. The molecule has 0 bridgehead atoms. The number of hydrogen-bond acceptors (Lipinski definition) is 5. The van der Waals surface area contributed by atoms with Crippen LogP contribution in [0.1, 0.15) is 399 Å². The lowest BCUT2D eigenvalue weighted by Crippen LogP contribution is -2.45. The Kier molecular flexibility index (Phi) is 64.9. The summed E-state index contributed by atoms with van der Waals surface area (Å²) in [4.78, 5) is 24.5. The molecule has 0 aliphatic rings. The molecule has 0 heterocycles. The first-order valence-electron chi connectivity index (χ1n) is 34.9. The van der Waals surface area contributed by atoms with Crippen LogP contribution >= 0.6 is 0 Å². The minimum atomic E-state index is -0.660. The Balaban J connectivity index is 3.31. The summed E-state index contributed by atoms with van der Waals surface area (Å²) in [6, 6.07) is -0.537. The minimum Gasteiger partial charge on any atom is -0.466 e. The van der Waals surface area contributed by atoms with E-state index in [4.69, 9.17) is 4.74 Å². The Morgan fingerprint density at radius 2 is 0.618 bits per heavy atom. The number of esters is 1. The van der Waals surface area contributed by atoms with E-state index < -0.39 is 12.1 Å². The van der Waals surface area contributed by atoms with Crippen LogP contribution in [0.2, 0.25) is 0 Å². The maximum Gasteiger partial charge on any atom is 0.305 e. The lowest BCUT2D eigenvalue weighted by molar-refractivity contribution is -0.143. The van der Waals surface area contributed by atoms with Crippen molar-refractivity contribution in [1.82, 2.24) is 5.32 Å². The van der Waals surface area contributed by atoms with E-state index in [1.165, 1.54) is 327 Å². The molecule has 2 unspecified atom stereocenters. The van der Waals surface area contributed by atoms with Gasteiger partial charge in [-0.1, -0.05) is 347 Å². The van der Waals surface area contributed by atoms with Gasteiger partial charge < -0.3 is 20.3 Å². The van der Waals surface area contributed by atoms with E-state index in [2.05, 4.69) is 31.3 Å². The van der Waals surface area contributed by atoms with E-state index in [0.717, 1.165) is 38.5 Å². The second-order valence-corrected chi connectivity index (χ2v) is 24.2. The maximum absolute atomic E-state index is 12.4. The zero-order valence-corrected chi connectivity index (χ0v) is 51.8. The van der Waals surface area contributed by atoms with Gasteiger partial charge in [0.25, 0.3) is 0 Å². The Hall–Kier alpha value is -1.40. The van der Waals surface area contributed by atoms with Crippen LogP contribution in [0.4, 0.5) is 0 Å². The number of allylic oxidation sites excluding steroid dienone is 2. The average molecular weight is 1070 g/mol. The topological polar surface area (TPSA) is 95.9 Å². The number of aliphatic hydroxyl groups is 2. The van der Waals surface area contributed by atoms with Crippen molar-refractivity contribution < 1.29 is 24.5 Å². The highest BCUT2D eigenvalue weighted by Crippen LogP contribution is 2.19. The van der Waals surface area contributed by atoms with Gasteiger partial charge in [0.05, 0.1) is 25.4 Å². The molecule has 0 saturated heterocycles. The Bertz CT molecular complexity index is 1140. The van der Waals surface area contributed by atoms with Crippen LogP contribution < -0.4 is 5.32 Å². The SMILES string of the molecule is CCCCCCCCCCCCCCCCCCCC(=O)OCCCCCCCCCCCCCC/C=C\CCCCCCCCCCCCCCCCCCC(=O)NC(CO)C(O)CCCCCCCCCCCC. The second kappa shape index (κ2) is 66.1. The molecule has 76 heavy (non-hydrogen) atoms. The number of ether oxygens (including phenoxy) is 1. The first-order valence-corrected chi connectivity index (χ1v) is 34.9. The fourth-order valence-electron chi connectivity index (χ4n) is 11.2. The Morgan fingerprint density at radius 1 is 0.355 bits per heavy atom. The lowest BCUT2D eigenvalue weighted by Gasteiger charge is -2.22. The minimum absolute atomic E-state index is 0.0230. The van der Waals surface area contributed by atoms with Crippen molar-refractivity contribution in [3.05, 3.63) is 12.2 Å². The van der Waals surface area contributed by atoms with Crippen molar-refractivity contribution in [2.75, 3.05) is 13.2 Å². The third-order valence-corrected chi connectivity index (χ3v) is 16.6. The number of unbranched alkanes of at least 4 members (excludes halogenated alkanes) is 53. The maximum atomic E-state index is 12.4. The molecule has 0 aliphatic heterocycles. The molecular formula is C70H137NO5. The zero-order chi connectivity index (χ0) is 55.0. The lowest BCUT2D eigenvalue weighted by atomic mass is 10.0. The van der Waals surface area contributed by atoms with Crippen molar-refractivity contribution in [2.45, 2.75) is 411 Å². The van der Waals surface area contributed by atoms with Crippen LogP contribution in [0.5, 0.6) is 0 Å². The van der Waals surface area contributed by atoms with E-state index >= 15 is 0 Å². The zero-order valence-electron chi connectivity index (χ0n) is 51.8. The van der Waals surface area contributed by atoms with Gasteiger partial charge in [-0.2, -0.15) is 0 Å². The van der Waals surface area contributed by atoms with Gasteiger partial charge in [-0.05, 0) is 51.4 Å². The highest BCUT2D eigenvalue weighted by Gasteiger charge is 2.20. The summed E-state index contributed by atoms with van der Waals surface area (Å²) < 4.78 is 5.51. The van der Waals surface area contributed by atoms with Gasteiger partial charge in [-0.25, -0.2) is 0 Å². The van der Waals surface area contributed by atoms with Gasteiger partial charge in [0, 0.05) is 12.8 Å². The molecule has 0 saturated carbocycles. The molecular weight excluding hydrogens is 935 g/mol. The van der Waals surface area contributed by atoms with E-state index in [0.29, 0.717) is 25.9 Å². The molecule has 0 aliphatic carbocycles. The van der Waals surface area contributed by atoms with Crippen molar-refractivity contribution in [2.24, 2.45) is 0 Å². The molecule has 3 N–H and O–H groups in total. The average Bonchev–Trinajstić information content (AvgIpc) is 3.42. The summed E-state index contributed by atoms with van der Waals surface area (Å²) in [5.74, 6) is -0.00895. The molecule has 2 atom stereocenters. The summed E-state index contributed by atoms with van der Waals surface area (Å²) in [6.07, 6.45) is 81.3. The Labute approximate surface area is 476 Å². The Morgan fingerprint density at radius 3 is 0.934 bits per heavy atom. The van der Waals surface area contributed by atoms with E-state index in [1.807, 2.05) is 0 Å². The number of nitrogens with one attached hydrogen (secondary N) is 1. The molecule has 0 aromatic carbocycles. The molecule has 0 aromatic rings. The third kappa shape index (κ3) is 61.8. The smallest absolute Gasteiger partial charge is 0.305 e. The summed E-state index contributed by atoms with van der Waals surface area (Å²) >= 11 is 0. The molecule has 6 heteroatoms. The molecule has 6 nitrogen and oxygen atoms in total. The first kappa shape index (κ1) is 74.6. The molecule has 1 amide bonds. The van der Waals surface area contributed by atoms with Crippen LogP contribution in [-0.2, 0) is 14.3 Å². The normalized spacial score (nSPS) is 12.5. The fourth-order valence-corrected chi connectivity index (χ4v) is 11.2. The van der Waals surface area contributed by atoms with Crippen LogP contribution in [0.3, 0.4) is 0 Å². The van der Waals surface area contributed by atoms with Gasteiger partial charge >= 0.3 is 5.97 Å². The second-order valence-electron chi connectivity index (χ2n) is 24.2. The third-order valence-electron chi connectivity index (χ3n) is 16.6. The van der Waals surface area contributed by atoms with Gasteiger partial charge in [-0.3, -0.25) is 9.59 Å². The van der Waals surface area contributed by atoms with Gasteiger partial charge in [0.15, 0.2) is 0 Å². The quantitative estimate of drug-likeness (QED) is 0.0320. The van der Waals surface area contributed by atoms with Crippen LogP contribution in [0.15, 0.2) is 12.2 Å². The monoisotopic (exact) mass is 1070 g/mol. The number of hydrogen-bond donors (Lipinski definition) is 3. The molecule has 0 aromatic heterocycles. The van der Waals surface area contributed by atoms with E-state index in [-0.39, 0.29) is 18.5 Å². The highest BCUT2D eigenvalue weighted by molar-refractivity contribution is 5.76. The number of carbonyl (C=O) groups excluding carboxylic acids is 2. The van der Waals surface area contributed by atoms with Crippen LogP contribution in [0.25, 0.3) is 0 Å². The van der Waals surface area contributed by atoms with Crippen LogP contribution in [-0.4, -0.2) is 47.4 Å². The van der Waals surface area contributed by atoms with Crippen molar-refractivity contribution >= 4 is 11.9 Å². The molecule has 0 fully saturated rings.